The maximum atomic E-state index is 12.5. The van der Waals surface area contributed by atoms with Crippen LogP contribution in [0.5, 0.6) is 0 Å². The summed E-state index contributed by atoms with van der Waals surface area (Å²) in [5.74, 6) is 0.121. The molecule has 1 N–H and O–H groups in total. The van der Waals surface area contributed by atoms with E-state index in [1.165, 1.54) is 0 Å². The Kier molecular flexibility index (Phi) is 6.51. The van der Waals surface area contributed by atoms with Crippen molar-refractivity contribution in [3.05, 3.63) is 70.2 Å². The number of halogens is 1. The number of carbonyl (C=O) groups excluding carboxylic acids is 2. The monoisotopic (exact) mass is 384 g/mol. The van der Waals surface area contributed by atoms with Crippen LogP contribution in [0.3, 0.4) is 0 Å². The number of likely N-dealkylation sites (tertiary alicyclic amines) is 1. The quantitative estimate of drug-likeness (QED) is 0.846. The lowest BCUT2D eigenvalue weighted by Gasteiger charge is -2.32. The van der Waals surface area contributed by atoms with E-state index in [2.05, 4.69) is 5.32 Å². The topological polar surface area (TPSA) is 49.4 Å². The van der Waals surface area contributed by atoms with Crippen molar-refractivity contribution in [1.82, 2.24) is 10.2 Å². The van der Waals surface area contributed by atoms with E-state index in [1.807, 2.05) is 60.4 Å². The number of nitrogens with one attached hydrogen (secondary N) is 1. The summed E-state index contributed by atoms with van der Waals surface area (Å²) in [6.45, 7) is 3.30. The number of amides is 2. The van der Waals surface area contributed by atoms with E-state index < -0.39 is 0 Å². The van der Waals surface area contributed by atoms with Crippen molar-refractivity contribution in [3.63, 3.8) is 0 Å². The van der Waals surface area contributed by atoms with Gasteiger partial charge in [0.1, 0.15) is 0 Å². The average molecular weight is 385 g/mol. The van der Waals surface area contributed by atoms with Crippen LogP contribution in [-0.2, 0) is 11.2 Å². The van der Waals surface area contributed by atoms with Crippen LogP contribution in [0.1, 0.15) is 40.7 Å². The van der Waals surface area contributed by atoms with E-state index in [4.69, 9.17) is 11.6 Å². The van der Waals surface area contributed by atoms with Crippen LogP contribution < -0.4 is 5.32 Å². The molecule has 2 aromatic rings. The predicted molar refractivity (Wildman–Crippen MR) is 108 cm³/mol. The lowest BCUT2D eigenvalue weighted by molar-refractivity contribution is -0.132. The number of rotatable bonds is 5. The van der Waals surface area contributed by atoms with Crippen LogP contribution in [0.2, 0.25) is 5.02 Å². The van der Waals surface area contributed by atoms with Gasteiger partial charge in [-0.05, 0) is 49.4 Å². The first kappa shape index (κ1) is 19.4. The van der Waals surface area contributed by atoms with Gasteiger partial charge < -0.3 is 10.2 Å². The summed E-state index contributed by atoms with van der Waals surface area (Å²) in [5, 5.41) is 3.82. The number of piperidine rings is 1. The number of carbonyl (C=O) groups is 2. The van der Waals surface area contributed by atoms with Gasteiger partial charge in [0.25, 0.3) is 5.91 Å². The van der Waals surface area contributed by atoms with Crippen LogP contribution in [-0.4, -0.2) is 35.8 Å². The first-order chi connectivity index (χ1) is 13.0. The highest BCUT2D eigenvalue weighted by atomic mass is 35.5. The molecule has 0 aromatic heterocycles. The van der Waals surface area contributed by atoms with Gasteiger partial charge in [-0.2, -0.15) is 0 Å². The van der Waals surface area contributed by atoms with Gasteiger partial charge in [-0.25, -0.2) is 0 Å². The summed E-state index contributed by atoms with van der Waals surface area (Å²) in [6.07, 6.45) is 2.69. The zero-order valence-corrected chi connectivity index (χ0v) is 16.3. The molecular formula is C22H25ClN2O2. The highest BCUT2D eigenvalue weighted by Crippen LogP contribution is 2.18. The number of aryl methyl sites for hydroxylation is 2. The second-order valence-electron chi connectivity index (χ2n) is 7.03. The molecule has 1 aliphatic heterocycles. The highest BCUT2D eigenvalue weighted by Gasteiger charge is 2.24. The summed E-state index contributed by atoms with van der Waals surface area (Å²) in [5.41, 5.74) is 2.70. The Morgan fingerprint density at radius 3 is 2.44 bits per heavy atom. The zero-order chi connectivity index (χ0) is 19.2. The maximum absolute atomic E-state index is 12.5. The van der Waals surface area contributed by atoms with Gasteiger partial charge in [0.15, 0.2) is 0 Å². The standard InChI is InChI=1S/C22H25ClN2O2/c1-16-6-2-4-8-19(16)22(27)24-18-12-14-25(15-13-18)21(26)11-10-17-7-3-5-9-20(17)23/h2-9,18H,10-15H2,1H3,(H,24,27). The van der Waals surface area contributed by atoms with Gasteiger partial charge >= 0.3 is 0 Å². The second kappa shape index (κ2) is 9.05. The van der Waals surface area contributed by atoms with E-state index in [1.54, 1.807) is 0 Å². The lowest BCUT2D eigenvalue weighted by atomic mass is 10.0. The number of hydrogen-bond acceptors (Lipinski definition) is 2. The molecular weight excluding hydrogens is 360 g/mol. The minimum absolute atomic E-state index is 0.0309. The number of hydrogen-bond donors (Lipinski definition) is 1. The first-order valence-electron chi connectivity index (χ1n) is 9.42. The van der Waals surface area contributed by atoms with Crippen molar-refractivity contribution in [3.8, 4) is 0 Å². The molecule has 2 amide bonds. The van der Waals surface area contributed by atoms with Crippen molar-refractivity contribution in [2.45, 2.75) is 38.6 Å². The predicted octanol–water partition coefficient (Wildman–Crippen LogP) is 4.00. The van der Waals surface area contributed by atoms with E-state index in [-0.39, 0.29) is 17.9 Å². The van der Waals surface area contributed by atoms with Crippen molar-refractivity contribution < 1.29 is 9.59 Å². The van der Waals surface area contributed by atoms with Gasteiger partial charge in [0.05, 0.1) is 0 Å². The summed E-state index contributed by atoms with van der Waals surface area (Å²) < 4.78 is 0. The van der Waals surface area contributed by atoms with E-state index in [0.717, 1.165) is 29.5 Å². The fraction of sp³-hybridized carbons (Fsp3) is 0.364. The average Bonchev–Trinajstić information content (AvgIpc) is 2.68. The first-order valence-corrected chi connectivity index (χ1v) is 9.80. The molecule has 1 heterocycles. The summed E-state index contributed by atoms with van der Waals surface area (Å²) in [7, 11) is 0. The Labute approximate surface area is 165 Å². The molecule has 27 heavy (non-hydrogen) atoms. The fourth-order valence-electron chi connectivity index (χ4n) is 3.46. The second-order valence-corrected chi connectivity index (χ2v) is 7.44. The minimum Gasteiger partial charge on any atom is -0.349 e. The Morgan fingerprint density at radius 2 is 1.74 bits per heavy atom. The van der Waals surface area contributed by atoms with Crippen LogP contribution >= 0.6 is 11.6 Å². The summed E-state index contributed by atoms with van der Waals surface area (Å²) in [4.78, 5) is 26.8. The molecule has 4 nitrogen and oxygen atoms in total. The van der Waals surface area contributed by atoms with Crippen LogP contribution in [0, 0.1) is 6.92 Å². The van der Waals surface area contributed by atoms with Gasteiger partial charge in [-0.15, -0.1) is 0 Å². The number of nitrogens with zero attached hydrogens (tertiary/aromatic N) is 1. The zero-order valence-electron chi connectivity index (χ0n) is 15.6. The molecule has 1 aliphatic rings. The largest absolute Gasteiger partial charge is 0.349 e. The molecule has 1 saturated heterocycles. The van der Waals surface area contributed by atoms with Gasteiger partial charge in [0.2, 0.25) is 5.91 Å². The maximum Gasteiger partial charge on any atom is 0.251 e. The highest BCUT2D eigenvalue weighted by molar-refractivity contribution is 6.31. The molecule has 0 radical (unpaired) electrons. The molecule has 0 atom stereocenters. The molecule has 0 saturated carbocycles. The summed E-state index contributed by atoms with van der Waals surface area (Å²) in [6, 6.07) is 15.4. The molecule has 142 valence electrons. The molecule has 0 bridgehead atoms. The number of benzene rings is 2. The van der Waals surface area contributed by atoms with E-state index in [0.29, 0.717) is 31.0 Å². The molecule has 0 spiro atoms. The van der Waals surface area contributed by atoms with Gasteiger partial charge in [-0.1, -0.05) is 48.0 Å². The van der Waals surface area contributed by atoms with Crippen molar-refractivity contribution >= 4 is 23.4 Å². The Balaban J connectivity index is 1.46. The normalized spacial score (nSPS) is 14.8. The third-order valence-electron chi connectivity index (χ3n) is 5.14. The SMILES string of the molecule is Cc1ccccc1C(=O)NC1CCN(C(=O)CCc2ccccc2Cl)CC1. The molecule has 0 aliphatic carbocycles. The Morgan fingerprint density at radius 1 is 1.07 bits per heavy atom. The lowest BCUT2D eigenvalue weighted by Crippen LogP contribution is -2.46. The van der Waals surface area contributed by atoms with E-state index >= 15 is 0 Å². The van der Waals surface area contributed by atoms with Crippen LogP contribution in [0.15, 0.2) is 48.5 Å². The molecule has 5 heteroatoms. The van der Waals surface area contributed by atoms with E-state index in [9.17, 15) is 9.59 Å². The van der Waals surface area contributed by atoms with Crippen LogP contribution in [0.4, 0.5) is 0 Å². The van der Waals surface area contributed by atoms with Crippen molar-refractivity contribution in [1.29, 1.82) is 0 Å². The third-order valence-corrected chi connectivity index (χ3v) is 5.51. The smallest absolute Gasteiger partial charge is 0.251 e. The van der Waals surface area contributed by atoms with Gasteiger partial charge in [-0.3, -0.25) is 9.59 Å². The molecule has 3 rings (SSSR count). The van der Waals surface area contributed by atoms with Gasteiger partial charge in [0, 0.05) is 36.1 Å². The Hall–Kier alpha value is -2.33. The third kappa shape index (κ3) is 5.10. The summed E-state index contributed by atoms with van der Waals surface area (Å²) >= 11 is 6.16. The van der Waals surface area contributed by atoms with Crippen LogP contribution in [0.25, 0.3) is 0 Å². The molecule has 1 fully saturated rings. The molecule has 2 aromatic carbocycles. The Bertz CT molecular complexity index is 813. The fourth-order valence-corrected chi connectivity index (χ4v) is 3.70. The molecule has 0 unspecified atom stereocenters. The van der Waals surface area contributed by atoms with Crippen molar-refractivity contribution in [2.75, 3.05) is 13.1 Å². The van der Waals surface area contributed by atoms with Crippen molar-refractivity contribution in [2.24, 2.45) is 0 Å². The minimum atomic E-state index is -0.0309.